The van der Waals surface area contributed by atoms with Gasteiger partial charge in [-0.1, -0.05) is 60.7 Å². The maximum absolute atomic E-state index is 3.45. The van der Waals surface area contributed by atoms with E-state index in [4.69, 9.17) is 0 Å². The summed E-state index contributed by atoms with van der Waals surface area (Å²) in [6.45, 7) is 2.29. The second kappa shape index (κ2) is 6.88. The molecule has 1 heterocycles. The monoisotopic (exact) mass is 280 g/mol. The number of nitrogens with zero attached hydrogens (tertiary/aromatic N) is 1. The first-order valence-corrected chi connectivity index (χ1v) is 7.89. The van der Waals surface area contributed by atoms with E-state index in [0.717, 1.165) is 6.54 Å². The molecular weight excluding hydrogens is 256 g/mol. The third kappa shape index (κ3) is 3.34. The molecule has 1 aliphatic rings. The summed E-state index contributed by atoms with van der Waals surface area (Å²) in [6, 6.07) is 22.7. The lowest BCUT2D eigenvalue weighted by Crippen LogP contribution is -2.46. The maximum Gasteiger partial charge on any atom is 0.0602 e. The van der Waals surface area contributed by atoms with Crippen LogP contribution in [0.5, 0.6) is 0 Å². The van der Waals surface area contributed by atoms with E-state index in [2.05, 4.69) is 77.9 Å². The van der Waals surface area contributed by atoms with Gasteiger partial charge in [0.25, 0.3) is 0 Å². The van der Waals surface area contributed by atoms with Gasteiger partial charge in [0.2, 0.25) is 0 Å². The molecule has 21 heavy (non-hydrogen) atoms. The summed E-state index contributed by atoms with van der Waals surface area (Å²) >= 11 is 0. The van der Waals surface area contributed by atoms with Gasteiger partial charge in [-0.3, -0.25) is 4.90 Å². The second-order valence-electron chi connectivity index (χ2n) is 5.85. The molecule has 110 valence electrons. The summed E-state index contributed by atoms with van der Waals surface area (Å²) in [5, 5.41) is 3.45. The third-order valence-corrected chi connectivity index (χ3v) is 4.46. The van der Waals surface area contributed by atoms with Crippen LogP contribution in [0, 0.1) is 0 Å². The molecule has 1 aliphatic heterocycles. The summed E-state index contributed by atoms with van der Waals surface area (Å²) in [4.78, 5) is 2.62. The Balaban J connectivity index is 1.93. The van der Waals surface area contributed by atoms with Crippen molar-refractivity contribution in [1.29, 1.82) is 0 Å². The van der Waals surface area contributed by atoms with Crippen LogP contribution in [0.1, 0.15) is 30.0 Å². The molecule has 2 nitrogen and oxygen atoms in total. The Kier molecular flexibility index (Phi) is 4.69. The number of likely N-dealkylation sites (tertiary alicyclic amines) is 1. The average molecular weight is 280 g/mol. The number of hydrogen-bond donors (Lipinski definition) is 1. The van der Waals surface area contributed by atoms with Crippen LogP contribution in [0.4, 0.5) is 0 Å². The van der Waals surface area contributed by atoms with E-state index in [-0.39, 0.29) is 0 Å². The first-order valence-electron chi connectivity index (χ1n) is 7.89. The van der Waals surface area contributed by atoms with E-state index in [9.17, 15) is 0 Å². The number of likely N-dealkylation sites (N-methyl/N-ethyl adjacent to an activating group) is 1. The molecule has 0 aromatic heterocycles. The van der Waals surface area contributed by atoms with Crippen LogP contribution in [-0.2, 0) is 0 Å². The first-order chi connectivity index (χ1) is 10.4. The van der Waals surface area contributed by atoms with Gasteiger partial charge in [-0.15, -0.1) is 0 Å². The van der Waals surface area contributed by atoms with E-state index in [1.165, 1.54) is 30.5 Å². The number of rotatable bonds is 4. The standard InChI is InChI=1S/C19H24N2/c1-20-18-13-8-14-21(15-18)19(16-9-4-2-5-10-16)17-11-6-3-7-12-17/h2-7,9-12,18-20H,8,13-15H2,1H3. The predicted octanol–water partition coefficient (Wildman–Crippen LogP) is 3.46. The Morgan fingerprint density at radius 1 is 0.952 bits per heavy atom. The van der Waals surface area contributed by atoms with Crippen LogP contribution in [0.2, 0.25) is 0 Å². The van der Waals surface area contributed by atoms with Gasteiger partial charge in [0.15, 0.2) is 0 Å². The normalized spacial score (nSPS) is 19.8. The molecule has 0 radical (unpaired) electrons. The van der Waals surface area contributed by atoms with Gasteiger partial charge in [0, 0.05) is 12.6 Å². The predicted molar refractivity (Wildman–Crippen MR) is 88.4 cm³/mol. The average Bonchev–Trinajstić information content (AvgIpc) is 2.57. The minimum absolute atomic E-state index is 0.364. The van der Waals surface area contributed by atoms with Crippen LogP contribution in [0.25, 0.3) is 0 Å². The van der Waals surface area contributed by atoms with E-state index < -0.39 is 0 Å². The van der Waals surface area contributed by atoms with Crippen molar-refractivity contribution in [3.05, 3.63) is 71.8 Å². The molecule has 2 aromatic rings. The van der Waals surface area contributed by atoms with Crippen molar-refractivity contribution in [2.24, 2.45) is 0 Å². The third-order valence-electron chi connectivity index (χ3n) is 4.46. The largest absolute Gasteiger partial charge is 0.316 e. The molecule has 1 saturated heterocycles. The van der Waals surface area contributed by atoms with Crippen LogP contribution in [-0.4, -0.2) is 31.1 Å². The van der Waals surface area contributed by atoms with Crippen molar-refractivity contribution in [2.75, 3.05) is 20.1 Å². The van der Waals surface area contributed by atoms with Gasteiger partial charge in [-0.2, -0.15) is 0 Å². The number of hydrogen-bond acceptors (Lipinski definition) is 2. The minimum Gasteiger partial charge on any atom is -0.316 e. The van der Waals surface area contributed by atoms with Gasteiger partial charge in [0.1, 0.15) is 0 Å². The van der Waals surface area contributed by atoms with E-state index in [1.807, 2.05) is 0 Å². The Morgan fingerprint density at radius 2 is 1.52 bits per heavy atom. The molecule has 0 spiro atoms. The molecule has 3 rings (SSSR count). The van der Waals surface area contributed by atoms with Crippen molar-refractivity contribution in [3.63, 3.8) is 0 Å². The second-order valence-corrected chi connectivity index (χ2v) is 5.85. The molecular formula is C19H24N2. The Labute approximate surface area is 127 Å². The van der Waals surface area contributed by atoms with Crippen LogP contribution < -0.4 is 5.32 Å². The Hall–Kier alpha value is -1.64. The Morgan fingerprint density at radius 3 is 2.05 bits per heavy atom. The molecule has 1 fully saturated rings. The molecule has 2 aromatic carbocycles. The van der Waals surface area contributed by atoms with Gasteiger partial charge < -0.3 is 5.32 Å². The molecule has 0 aliphatic carbocycles. The molecule has 1 atom stereocenters. The zero-order chi connectivity index (χ0) is 14.5. The van der Waals surface area contributed by atoms with Gasteiger partial charge in [-0.05, 0) is 37.6 Å². The minimum atomic E-state index is 0.364. The highest BCUT2D eigenvalue weighted by atomic mass is 15.2. The van der Waals surface area contributed by atoms with Crippen molar-refractivity contribution >= 4 is 0 Å². The summed E-state index contributed by atoms with van der Waals surface area (Å²) in [6.07, 6.45) is 2.55. The SMILES string of the molecule is CNC1CCCN(C(c2ccccc2)c2ccccc2)C1. The Bertz CT molecular complexity index is 499. The smallest absolute Gasteiger partial charge is 0.0602 e. The van der Waals surface area contributed by atoms with Gasteiger partial charge >= 0.3 is 0 Å². The van der Waals surface area contributed by atoms with Crippen LogP contribution >= 0.6 is 0 Å². The van der Waals surface area contributed by atoms with Crippen molar-refractivity contribution in [1.82, 2.24) is 10.2 Å². The fraction of sp³-hybridized carbons (Fsp3) is 0.368. The summed E-state index contributed by atoms with van der Waals surface area (Å²) in [7, 11) is 2.08. The quantitative estimate of drug-likeness (QED) is 0.922. The fourth-order valence-electron chi connectivity index (χ4n) is 3.36. The van der Waals surface area contributed by atoms with E-state index in [0.29, 0.717) is 12.1 Å². The number of piperidine rings is 1. The molecule has 0 amide bonds. The molecule has 1 unspecified atom stereocenters. The first kappa shape index (κ1) is 14.3. The molecule has 1 N–H and O–H groups in total. The highest BCUT2D eigenvalue weighted by molar-refractivity contribution is 5.32. The van der Waals surface area contributed by atoms with E-state index >= 15 is 0 Å². The highest BCUT2D eigenvalue weighted by Gasteiger charge is 2.27. The maximum atomic E-state index is 3.45. The summed E-state index contributed by atoms with van der Waals surface area (Å²) in [5.74, 6) is 0. The van der Waals surface area contributed by atoms with Gasteiger partial charge in [-0.25, -0.2) is 0 Å². The van der Waals surface area contributed by atoms with Crippen molar-refractivity contribution in [3.8, 4) is 0 Å². The number of benzene rings is 2. The molecule has 2 heteroatoms. The lowest BCUT2D eigenvalue weighted by molar-refractivity contribution is 0.160. The molecule has 0 bridgehead atoms. The fourth-order valence-corrected chi connectivity index (χ4v) is 3.36. The lowest BCUT2D eigenvalue weighted by atomic mass is 9.94. The van der Waals surface area contributed by atoms with Crippen LogP contribution in [0.15, 0.2) is 60.7 Å². The number of nitrogens with one attached hydrogen (secondary N) is 1. The lowest BCUT2D eigenvalue weighted by Gasteiger charge is -2.38. The summed E-state index contributed by atoms with van der Waals surface area (Å²) in [5.41, 5.74) is 2.78. The van der Waals surface area contributed by atoms with Gasteiger partial charge in [0.05, 0.1) is 6.04 Å². The van der Waals surface area contributed by atoms with Crippen molar-refractivity contribution in [2.45, 2.75) is 24.9 Å². The van der Waals surface area contributed by atoms with Crippen LogP contribution in [0.3, 0.4) is 0 Å². The summed E-state index contributed by atoms with van der Waals surface area (Å²) < 4.78 is 0. The zero-order valence-electron chi connectivity index (χ0n) is 12.7. The highest BCUT2D eigenvalue weighted by Crippen LogP contribution is 2.30. The topological polar surface area (TPSA) is 15.3 Å². The zero-order valence-corrected chi connectivity index (χ0v) is 12.7. The van der Waals surface area contributed by atoms with E-state index in [1.54, 1.807) is 0 Å². The molecule has 0 saturated carbocycles. The van der Waals surface area contributed by atoms with Crippen molar-refractivity contribution < 1.29 is 0 Å².